The lowest BCUT2D eigenvalue weighted by molar-refractivity contribution is 0.0973. The van der Waals surface area contributed by atoms with E-state index in [9.17, 15) is 58.8 Å². The summed E-state index contributed by atoms with van der Waals surface area (Å²) in [5.74, 6) is 0.878. The second-order valence-corrected chi connectivity index (χ2v) is 34.5. The fourth-order valence-electron chi connectivity index (χ4n) is 16.7. The number of Topliss-reactive ketones (excluding diaryl/α,β-unsaturated/α-hetero) is 2. The maximum absolute atomic E-state index is 13.4. The monoisotopic (exact) mass is 1980 g/mol. The largest absolute Gasteiger partial charge is 0.494 e. The lowest BCUT2D eigenvalue weighted by atomic mass is 9.97. The van der Waals surface area contributed by atoms with Crippen LogP contribution in [0.5, 0.6) is 23.5 Å². The molecule has 0 saturated carbocycles. The van der Waals surface area contributed by atoms with Gasteiger partial charge in [-0.15, -0.1) is 0 Å². The molecule has 12 N–H and O–H groups in total. The zero-order valence-electron chi connectivity index (χ0n) is 80.4. The van der Waals surface area contributed by atoms with Crippen LogP contribution in [-0.4, -0.2) is 196 Å². The van der Waals surface area contributed by atoms with Crippen molar-refractivity contribution in [3.05, 3.63) is 366 Å². The number of benzene rings is 8. The Bertz CT molecular complexity index is 8420. The Hall–Kier alpha value is -19.2. The molecule has 0 fully saturated rings. The van der Waals surface area contributed by atoms with E-state index in [1.807, 2.05) is 92.7 Å². The van der Waals surface area contributed by atoms with Crippen LogP contribution in [0.1, 0.15) is 218 Å². The summed E-state index contributed by atoms with van der Waals surface area (Å²) in [6.45, 7) is 20.0. The second kappa shape index (κ2) is 45.8. The number of H-pyrrole nitrogens is 6. The number of anilines is 2. The molecule has 36 heteroatoms. The van der Waals surface area contributed by atoms with Gasteiger partial charge in [-0.1, -0.05) is 76.9 Å². The maximum Gasteiger partial charge on any atom is 0.273 e. The predicted octanol–water partition coefficient (Wildman–Crippen LogP) is 19.7. The molecule has 0 aliphatic carbocycles. The van der Waals surface area contributed by atoms with Gasteiger partial charge in [0.25, 0.3) is 11.8 Å². The number of nitrogens with one attached hydrogen (secondary N) is 8. The van der Waals surface area contributed by atoms with E-state index in [2.05, 4.69) is 101 Å². The molecular weight excluding hydrogens is 1870 g/mol. The molecule has 0 bridgehead atoms. The van der Waals surface area contributed by atoms with Gasteiger partial charge in [-0.3, -0.25) is 72.6 Å². The van der Waals surface area contributed by atoms with Gasteiger partial charge in [0, 0.05) is 200 Å². The molecule has 36 nitrogen and oxygen atoms in total. The Balaban J connectivity index is 0.000000155. The van der Waals surface area contributed by atoms with Crippen molar-refractivity contribution in [2.75, 3.05) is 23.7 Å². The molecule has 0 spiro atoms. The number of hydrogen-bond acceptors (Lipinski definition) is 24. The van der Waals surface area contributed by atoms with Gasteiger partial charge < -0.3 is 55.6 Å². The van der Waals surface area contributed by atoms with Crippen molar-refractivity contribution in [1.82, 2.24) is 79.2 Å². The van der Waals surface area contributed by atoms with Gasteiger partial charge >= 0.3 is 0 Å². The van der Waals surface area contributed by atoms with Crippen LogP contribution in [0, 0.1) is 34.6 Å². The molecule has 0 radical (unpaired) electrons. The topological polar surface area (TPSA) is 508 Å². The van der Waals surface area contributed by atoms with Crippen LogP contribution in [0.2, 0.25) is 0 Å². The number of rotatable bonds is 27. The van der Waals surface area contributed by atoms with E-state index in [1.165, 1.54) is 12.4 Å². The smallest absolute Gasteiger partial charge is 0.273 e. The maximum atomic E-state index is 13.4. The van der Waals surface area contributed by atoms with Crippen molar-refractivity contribution in [3.8, 4) is 23.5 Å². The second-order valence-electron chi connectivity index (χ2n) is 34.5. The Morgan fingerprint density at radius 3 is 1.18 bits per heavy atom. The molecule has 2 aliphatic heterocycles. The minimum absolute atomic E-state index is 0. The Morgan fingerprint density at radius 1 is 0.405 bits per heavy atom. The molecule has 0 saturated heterocycles. The standard InChI is InChI=1S/C28H26N6O3.C28H25N5O3.C27H25N7O3.C26H22N6O3.3CH4/c1-4-34-24(11-17(3)33-34)28(37)31-20-7-5-6-18(12-20)26(35)19-8-9-23-21(13-19)22(27(36)32-23)15-30-25-10-16(2)14-29-25;1-3-33-24(12-17(2)32-33)25(34)14-18-6-4-7-19(13-18)27(35)20-9-10-23-21(15-20)22(28(36)31-23)16-30-26-8-5-11-29-26;1-4-34-23(11-16(3)33-34)27(37)29-19-8-5-17(6-9-19)25(35)18-7-10-22-20(13-18)21(26(36)30-22)14-28-24-12-15(2)31-32-24;1-15-10-23(31-30-15)28-14-20-19-13-18(6-7-21(19)29-26(20)35)24(34)17-5-3-4-16(11-17)12-22(33)25-27-8-9-32(25)2;;;/h5-13,15,32,36H,4,14H2,1-3H3,(H,31,37);4-10,12-13,15-16,31,36H,3,11,14H2,1-2H3;5-14,30,36H,4H2,1-3H3,(H,29,37)(H,31,32);3-11,13-14,29,35H,12H2,1-2H3,(H,30,31);3*1H4. The van der Waals surface area contributed by atoms with E-state index < -0.39 is 0 Å². The minimum atomic E-state index is -0.294. The number of aryl methyl sites for hydroxylation is 9. The summed E-state index contributed by atoms with van der Waals surface area (Å²) in [5.41, 5.74) is 17.5. The number of aromatic amines is 6. The summed E-state index contributed by atoms with van der Waals surface area (Å²) < 4.78 is 6.66. The van der Waals surface area contributed by atoms with Crippen molar-refractivity contribution in [2.45, 2.75) is 117 Å². The number of aliphatic imine (C=N–C) groups is 6. The molecule has 8 aromatic carbocycles. The van der Waals surface area contributed by atoms with E-state index >= 15 is 0 Å². The summed E-state index contributed by atoms with van der Waals surface area (Å²) in [5, 5.41) is 76.7. The van der Waals surface area contributed by atoms with Crippen molar-refractivity contribution in [3.63, 3.8) is 0 Å². The molecular formula is C112H110N24O12. The summed E-state index contributed by atoms with van der Waals surface area (Å²) in [7, 11) is 1.77. The number of aromatic nitrogens is 16. The first-order valence-corrected chi connectivity index (χ1v) is 46.3. The van der Waals surface area contributed by atoms with Crippen LogP contribution in [0.3, 0.4) is 0 Å². The minimum Gasteiger partial charge on any atom is -0.494 e. The third-order valence-electron chi connectivity index (χ3n) is 23.8. The molecule has 12 heterocycles. The molecule has 2 amide bonds. The highest BCUT2D eigenvalue weighted by Crippen LogP contribution is 2.35. The molecule has 0 unspecified atom stereocenters. The number of carbonyl (C=O) groups excluding carboxylic acids is 8. The first-order valence-electron chi connectivity index (χ1n) is 46.3. The molecule has 148 heavy (non-hydrogen) atoms. The Labute approximate surface area is 849 Å². The zero-order valence-corrected chi connectivity index (χ0v) is 80.4. The van der Waals surface area contributed by atoms with Gasteiger partial charge in [-0.2, -0.15) is 25.5 Å². The van der Waals surface area contributed by atoms with E-state index in [0.717, 1.165) is 45.2 Å². The fourth-order valence-corrected chi connectivity index (χ4v) is 16.7. The van der Waals surface area contributed by atoms with Gasteiger partial charge in [0.1, 0.15) is 28.8 Å². The van der Waals surface area contributed by atoms with Crippen molar-refractivity contribution in [1.29, 1.82) is 0 Å². The fraction of sp³-hybridized carbons (Fsp3) is 0.179. The summed E-state index contributed by atoms with van der Waals surface area (Å²) in [6.07, 6.45) is 15.4. The van der Waals surface area contributed by atoms with E-state index in [4.69, 9.17) is 0 Å². The number of carbonyl (C=O) groups is 8. The lowest BCUT2D eigenvalue weighted by Crippen LogP contribution is -2.17. The lowest BCUT2D eigenvalue weighted by Gasteiger charge is -2.08. The van der Waals surface area contributed by atoms with Gasteiger partial charge in [-0.25, -0.2) is 25.0 Å². The normalized spacial score (nSPS) is 12.1. The van der Waals surface area contributed by atoms with Gasteiger partial charge in [0.05, 0.1) is 52.4 Å². The summed E-state index contributed by atoms with van der Waals surface area (Å²) >= 11 is 0. The number of nitrogens with zero attached hydrogens (tertiary/aromatic N) is 16. The third kappa shape index (κ3) is 23.7. The number of fused-ring (bicyclic) bond motifs is 4. The number of hydrogen-bond donors (Lipinski definition) is 12. The number of aromatic hydroxyl groups is 4. The van der Waals surface area contributed by atoms with Crippen molar-refractivity contribution >= 4 is 150 Å². The molecule has 750 valence electrons. The molecule has 2 aliphatic rings. The highest BCUT2D eigenvalue weighted by Gasteiger charge is 2.25. The number of amides is 2. The van der Waals surface area contributed by atoms with Crippen molar-refractivity contribution in [2.24, 2.45) is 37.0 Å². The molecule has 0 atom stereocenters. The van der Waals surface area contributed by atoms with Crippen LogP contribution in [0.4, 0.5) is 23.0 Å². The van der Waals surface area contributed by atoms with Gasteiger partial charge in [-0.05, 0) is 231 Å². The highest BCUT2D eigenvalue weighted by atomic mass is 16.3. The van der Waals surface area contributed by atoms with Crippen molar-refractivity contribution < 1.29 is 58.8 Å². The first-order chi connectivity index (χ1) is 69.9. The first kappa shape index (κ1) is 105. The average molecular weight is 1980 g/mol. The molecule has 18 aromatic rings. The average Bonchev–Trinajstić information content (AvgIpc) is 1.64. The van der Waals surface area contributed by atoms with Crippen LogP contribution in [0.25, 0.3) is 43.6 Å². The van der Waals surface area contributed by atoms with Crippen LogP contribution in [0.15, 0.2) is 266 Å². The zero-order chi connectivity index (χ0) is 102. The highest BCUT2D eigenvalue weighted by molar-refractivity contribution is 6.18. The number of amidine groups is 2. The van der Waals surface area contributed by atoms with Crippen LogP contribution in [-0.2, 0) is 39.5 Å². The third-order valence-corrected chi connectivity index (χ3v) is 23.8. The van der Waals surface area contributed by atoms with E-state index in [-0.39, 0.29) is 105 Å². The van der Waals surface area contributed by atoms with Gasteiger partial charge in [0.15, 0.2) is 69.9 Å². The molecule has 10 aromatic heterocycles. The summed E-state index contributed by atoms with van der Waals surface area (Å²) in [6, 6.07) is 57.2. The quantitative estimate of drug-likeness (QED) is 0.0168. The van der Waals surface area contributed by atoms with Crippen LogP contribution < -0.4 is 10.6 Å². The predicted molar refractivity (Wildman–Crippen MR) is 576 cm³/mol. The van der Waals surface area contributed by atoms with E-state index in [0.29, 0.717) is 201 Å². The SMILES string of the molecule is C.C.C.CCn1nc(C)cc1C(=O)Cc1cccc(C(=O)c2ccc3[nH]c(O)c(C=NC4=NCC=C4)c3c2)c1.CCn1nc(C)cc1C(=O)Nc1ccc(C(=O)c2ccc3[nH]c(O)c(C=Nc4cc(C)[nH]n4)c3c2)cc1.CCn1nc(C)cc1C(=O)Nc1cccc(C(=O)c2ccc3[nH]c(O)c(C=NC4=NCC(C)=C4)c3c2)c1.Cc1cc(N=Cc2c(O)[nH]c3ccc(C(=O)c4cccc(CC(=O)c5nccn5C)c4)cc23)n[nH]1. The van der Waals surface area contributed by atoms with E-state index in [1.54, 1.807) is 239 Å². The number of ketones is 6. The number of imidazole rings is 1. The van der Waals surface area contributed by atoms with Gasteiger partial charge in [0.2, 0.25) is 5.78 Å². The van der Waals surface area contributed by atoms with Crippen LogP contribution >= 0.6 is 0 Å². The Morgan fingerprint density at radius 2 is 0.784 bits per heavy atom. The Kier molecular flexibility index (Phi) is 32.4. The molecule has 20 rings (SSSR count). The summed E-state index contributed by atoms with van der Waals surface area (Å²) in [4.78, 5) is 146.